The third-order valence-electron chi connectivity index (χ3n) is 4.16. The molecule has 0 N–H and O–H groups in total. The number of carbonyl (C=O) groups is 1. The first-order valence-corrected chi connectivity index (χ1v) is 7.66. The molecule has 1 saturated heterocycles. The topological polar surface area (TPSA) is 29.5 Å². The van der Waals surface area contributed by atoms with Crippen molar-refractivity contribution in [3.8, 4) is 5.75 Å². The van der Waals surface area contributed by atoms with E-state index in [-0.39, 0.29) is 17.6 Å². The van der Waals surface area contributed by atoms with Crippen LogP contribution in [0, 0.1) is 5.82 Å². The highest BCUT2D eigenvalue weighted by atomic mass is 19.1. The van der Waals surface area contributed by atoms with Gasteiger partial charge in [-0.05, 0) is 32.4 Å². The van der Waals surface area contributed by atoms with Crippen LogP contribution in [0.5, 0.6) is 5.75 Å². The van der Waals surface area contributed by atoms with Crippen molar-refractivity contribution in [2.45, 2.75) is 51.6 Å². The maximum absolute atomic E-state index is 14.1. The summed E-state index contributed by atoms with van der Waals surface area (Å²) in [4.78, 5) is 13.7. The van der Waals surface area contributed by atoms with Crippen molar-refractivity contribution in [3.63, 3.8) is 0 Å². The van der Waals surface area contributed by atoms with Gasteiger partial charge in [-0.3, -0.25) is 9.69 Å². The monoisotopic (exact) mass is 293 g/mol. The molecular weight excluding hydrogens is 269 g/mol. The number of ketones is 1. The lowest BCUT2D eigenvalue weighted by molar-refractivity contribution is -0.118. The summed E-state index contributed by atoms with van der Waals surface area (Å²) in [5, 5.41) is 0. The second-order valence-corrected chi connectivity index (χ2v) is 5.84. The van der Waals surface area contributed by atoms with Gasteiger partial charge in [0.1, 0.15) is 17.3 Å². The fourth-order valence-electron chi connectivity index (χ4n) is 3.01. The lowest BCUT2D eigenvalue weighted by Gasteiger charge is -2.29. The molecule has 0 radical (unpaired) electrons. The van der Waals surface area contributed by atoms with Crippen molar-refractivity contribution < 1.29 is 13.9 Å². The van der Waals surface area contributed by atoms with Gasteiger partial charge in [0.2, 0.25) is 0 Å². The third kappa shape index (κ3) is 4.53. The number of rotatable bonds is 5. The Morgan fingerprint density at radius 2 is 2.19 bits per heavy atom. The molecule has 1 atom stereocenters. The number of methoxy groups -OCH3 is 1. The molecule has 0 amide bonds. The number of likely N-dealkylation sites (tertiary alicyclic amines) is 1. The molecule has 1 aliphatic rings. The van der Waals surface area contributed by atoms with E-state index in [0.717, 1.165) is 25.8 Å². The smallest absolute Gasteiger partial charge is 0.131 e. The summed E-state index contributed by atoms with van der Waals surface area (Å²) < 4.78 is 19.1. The molecule has 116 valence electrons. The van der Waals surface area contributed by atoms with Gasteiger partial charge in [-0.2, -0.15) is 0 Å². The highest BCUT2D eigenvalue weighted by Gasteiger charge is 2.23. The van der Waals surface area contributed by atoms with E-state index in [1.54, 1.807) is 19.1 Å². The van der Waals surface area contributed by atoms with Crippen LogP contribution in [0.2, 0.25) is 0 Å². The number of ether oxygens (including phenoxy) is 1. The summed E-state index contributed by atoms with van der Waals surface area (Å²) in [5.74, 6) is 0.509. The first-order valence-electron chi connectivity index (χ1n) is 7.66. The summed E-state index contributed by atoms with van der Waals surface area (Å²) in [6.07, 6.45) is 5.05. The van der Waals surface area contributed by atoms with E-state index >= 15 is 0 Å². The highest BCUT2D eigenvalue weighted by Crippen LogP contribution is 2.24. The zero-order valence-corrected chi connectivity index (χ0v) is 12.9. The van der Waals surface area contributed by atoms with Crippen LogP contribution in [-0.4, -0.2) is 30.4 Å². The van der Waals surface area contributed by atoms with Gasteiger partial charge in [-0.25, -0.2) is 4.39 Å². The maximum Gasteiger partial charge on any atom is 0.131 e. The van der Waals surface area contributed by atoms with Gasteiger partial charge in [0.15, 0.2) is 0 Å². The second kappa shape index (κ2) is 7.55. The lowest BCUT2D eigenvalue weighted by Crippen LogP contribution is -2.35. The van der Waals surface area contributed by atoms with Crippen molar-refractivity contribution in [2.24, 2.45) is 0 Å². The summed E-state index contributed by atoms with van der Waals surface area (Å²) in [7, 11) is 1.53. The fourth-order valence-corrected chi connectivity index (χ4v) is 3.01. The number of carbonyl (C=O) groups excluding carboxylic acids is 1. The van der Waals surface area contributed by atoms with Crippen molar-refractivity contribution in [2.75, 3.05) is 13.7 Å². The van der Waals surface area contributed by atoms with Crippen LogP contribution < -0.4 is 4.74 Å². The zero-order valence-electron chi connectivity index (χ0n) is 12.9. The van der Waals surface area contributed by atoms with Crippen LogP contribution in [0.3, 0.4) is 0 Å². The Kier molecular flexibility index (Phi) is 5.74. The van der Waals surface area contributed by atoms with Gasteiger partial charge in [-0.15, -0.1) is 0 Å². The van der Waals surface area contributed by atoms with E-state index in [0.29, 0.717) is 24.3 Å². The second-order valence-electron chi connectivity index (χ2n) is 5.84. The Morgan fingerprint density at radius 1 is 1.38 bits per heavy atom. The first kappa shape index (κ1) is 16.0. The van der Waals surface area contributed by atoms with Crippen LogP contribution in [0.25, 0.3) is 0 Å². The van der Waals surface area contributed by atoms with Gasteiger partial charge >= 0.3 is 0 Å². The predicted octanol–water partition coefficient (Wildman–Crippen LogP) is 3.56. The number of Topliss-reactive ketones (excluding diaryl/α,β-unsaturated/α-hetero) is 1. The van der Waals surface area contributed by atoms with Gasteiger partial charge in [0, 0.05) is 30.6 Å². The minimum atomic E-state index is -0.236. The molecule has 0 spiro atoms. The van der Waals surface area contributed by atoms with Crippen LogP contribution in [0.15, 0.2) is 18.2 Å². The predicted molar refractivity (Wildman–Crippen MR) is 80.9 cm³/mol. The molecule has 1 heterocycles. The number of hydrogen-bond donors (Lipinski definition) is 0. The molecule has 3 nitrogen and oxygen atoms in total. The Balaban J connectivity index is 2.11. The summed E-state index contributed by atoms with van der Waals surface area (Å²) >= 11 is 0. The van der Waals surface area contributed by atoms with Crippen LogP contribution in [0.4, 0.5) is 4.39 Å². The molecule has 0 aromatic heterocycles. The molecule has 1 aliphatic heterocycles. The molecule has 0 aliphatic carbocycles. The number of halogens is 1. The molecule has 1 aromatic carbocycles. The Bertz CT molecular complexity index is 490. The largest absolute Gasteiger partial charge is 0.497 e. The van der Waals surface area contributed by atoms with Crippen molar-refractivity contribution in [1.29, 1.82) is 0 Å². The minimum Gasteiger partial charge on any atom is -0.497 e. The molecule has 4 heteroatoms. The van der Waals surface area contributed by atoms with Crippen LogP contribution in [0.1, 0.15) is 44.6 Å². The number of nitrogens with zero attached hydrogens (tertiary/aromatic N) is 1. The summed E-state index contributed by atoms with van der Waals surface area (Å²) in [5.41, 5.74) is 0.672. The third-order valence-corrected chi connectivity index (χ3v) is 4.16. The molecule has 21 heavy (non-hydrogen) atoms. The Labute approximate surface area is 126 Å². The molecule has 1 aromatic rings. The molecular formula is C17H24FNO2. The SMILES string of the molecule is COc1ccc(CN2CCCCCC2CC(C)=O)c(F)c1. The van der Waals surface area contributed by atoms with Crippen molar-refractivity contribution in [3.05, 3.63) is 29.6 Å². The van der Waals surface area contributed by atoms with Gasteiger partial charge in [0.25, 0.3) is 0 Å². The lowest BCUT2D eigenvalue weighted by atomic mass is 10.0. The number of hydrogen-bond acceptors (Lipinski definition) is 3. The highest BCUT2D eigenvalue weighted by molar-refractivity contribution is 5.76. The molecule has 2 rings (SSSR count). The Morgan fingerprint density at radius 3 is 2.86 bits per heavy atom. The first-order chi connectivity index (χ1) is 10.1. The Hall–Kier alpha value is -1.42. The normalized spacial score (nSPS) is 20.0. The minimum absolute atomic E-state index is 0.210. The van der Waals surface area contributed by atoms with E-state index in [9.17, 15) is 9.18 Å². The van der Waals surface area contributed by atoms with Crippen LogP contribution >= 0.6 is 0 Å². The molecule has 1 unspecified atom stereocenters. The van der Waals surface area contributed by atoms with Gasteiger partial charge in [-0.1, -0.05) is 18.9 Å². The number of benzene rings is 1. The van der Waals surface area contributed by atoms with Crippen LogP contribution in [-0.2, 0) is 11.3 Å². The molecule has 0 saturated carbocycles. The van der Waals surface area contributed by atoms with E-state index < -0.39 is 0 Å². The summed E-state index contributed by atoms with van der Waals surface area (Å²) in [6.45, 7) is 3.13. The average molecular weight is 293 g/mol. The molecule has 0 bridgehead atoms. The summed E-state index contributed by atoms with van der Waals surface area (Å²) in [6, 6.07) is 5.24. The maximum atomic E-state index is 14.1. The average Bonchev–Trinajstić information content (AvgIpc) is 2.66. The van der Waals surface area contributed by atoms with E-state index in [1.165, 1.54) is 19.6 Å². The van der Waals surface area contributed by atoms with E-state index in [1.807, 2.05) is 0 Å². The van der Waals surface area contributed by atoms with Gasteiger partial charge < -0.3 is 4.74 Å². The zero-order chi connectivity index (χ0) is 15.2. The van der Waals surface area contributed by atoms with Crippen molar-refractivity contribution >= 4 is 5.78 Å². The van der Waals surface area contributed by atoms with E-state index in [2.05, 4.69) is 4.90 Å². The molecule has 1 fully saturated rings. The van der Waals surface area contributed by atoms with Gasteiger partial charge in [0.05, 0.1) is 7.11 Å². The quantitative estimate of drug-likeness (QED) is 0.831. The standard InChI is InChI=1S/C17H24FNO2/c1-13(20)10-15-6-4-3-5-9-19(15)12-14-7-8-16(21-2)11-17(14)18/h7-8,11,15H,3-6,9-10,12H2,1-2H3. The fraction of sp³-hybridized carbons (Fsp3) is 0.588. The van der Waals surface area contributed by atoms with E-state index in [4.69, 9.17) is 4.74 Å². The van der Waals surface area contributed by atoms with Crippen molar-refractivity contribution in [1.82, 2.24) is 4.90 Å².